The summed E-state index contributed by atoms with van der Waals surface area (Å²) in [5.41, 5.74) is -0.745. The fourth-order valence-corrected chi connectivity index (χ4v) is 2.43. The summed E-state index contributed by atoms with van der Waals surface area (Å²) in [4.78, 5) is 11.5. The van der Waals surface area contributed by atoms with E-state index in [-0.39, 0.29) is 4.92 Å². The van der Waals surface area contributed by atoms with E-state index in [0.29, 0.717) is 19.3 Å². The molecule has 0 saturated heterocycles. The zero-order valence-electron chi connectivity index (χ0n) is 12.6. The van der Waals surface area contributed by atoms with Gasteiger partial charge in [0.1, 0.15) is 0 Å². The number of hydrogen-bond donors (Lipinski definition) is 3. The molecule has 0 aromatic carbocycles. The fraction of sp³-hybridized carbons (Fsp3) is 1.00. The average molecular weight is 274 g/mol. The number of rotatable bonds is 13. The van der Waals surface area contributed by atoms with Gasteiger partial charge < -0.3 is 16.0 Å². The molecule has 0 fully saturated rings. The molecule has 6 nitrogen and oxygen atoms in total. The van der Waals surface area contributed by atoms with Crippen molar-refractivity contribution in [3.05, 3.63) is 10.1 Å². The molecule has 0 amide bonds. The van der Waals surface area contributed by atoms with Crippen LogP contribution >= 0.6 is 0 Å². The molecule has 19 heavy (non-hydrogen) atoms. The van der Waals surface area contributed by atoms with Crippen molar-refractivity contribution >= 4 is 0 Å². The largest absolute Gasteiger partial charge is 0.320 e. The van der Waals surface area contributed by atoms with E-state index in [1.165, 1.54) is 0 Å². The Bertz CT molecular complexity index is 210. The summed E-state index contributed by atoms with van der Waals surface area (Å²) >= 11 is 0. The quantitative estimate of drug-likeness (QED) is 0.265. The third-order valence-electron chi connectivity index (χ3n) is 3.59. The highest BCUT2D eigenvalue weighted by molar-refractivity contribution is 4.80. The van der Waals surface area contributed by atoms with E-state index < -0.39 is 5.54 Å². The van der Waals surface area contributed by atoms with Crippen molar-refractivity contribution in [1.82, 2.24) is 16.0 Å². The Hall–Kier alpha value is -0.720. The van der Waals surface area contributed by atoms with E-state index >= 15 is 0 Å². The first-order valence-electron chi connectivity index (χ1n) is 7.21. The van der Waals surface area contributed by atoms with E-state index in [4.69, 9.17) is 0 Å². The second-order valence-corrected chi connectivity index (χ2v) is 5.10. The Morgan fingerprint density at radius 1 is 0.842 bits per heavy atom. The SMILES string of the molecule is CNCCCC(CCCNC)(CCCNC)[N+](=O)[O-]. The van der Waals surface area contributed by atoms with Gasteiger partial charge in [-0.2, -0.15) is 0 Å². The van der Waals surface area contributed by atoms with E-state index in [1.54, 1.807) is 0 Å². The molecule has 114 valence electrons. The number of nitrogens with one attached hydrogen (secondary N) is 3. The zero-order valence-corrected chi connectivity index (χ0v) is 12.6. The predicted molar refractivity (Wildman–Crippen MR) is 79.2 cm³/mol. The van der Waals surface area contributed by atoms with Crippen molar-refractivity contribution in [2.45, 2.75) is 44.1 Å². The molecule has 3 N–H and O–H groups in total. The van der Waals surface area contributed by atoms with Crippen LogP contribution in [0.4, 0.5) is 0 Å². The summed E-state index contributed by atoms with van der Waals surface area (Å²) in [5, 5.41) is 20.7. The van der Waals surface area contributed by atoms with Gasteiger partial charge in [0.05, 0.1) is 0 Å². The number of nitrogens with zero attached hydrogens (tertiary/aromatic N) is 1. The maximum Gasteiger partial charge on any atom is 0.222 e. The molecular weight excluding hydrogens is 244 g/mol. The second kappa shape index (κ2) is 11.1. The molecule has 0 saturated carbocycles. The van der Waals surface area contributed by atoms with Crippen molar-refractivity contribution in [3.8, 4) is 0 Å². The van der Waals surface area contributed by atoms with E-state index in [2.05, 4.69) is 16.0 Å². The molecule has 0 radical (unpaired) electrons. The van der Waals surface area contributed by atoms with Gasteiger partial charge in [0.2, 0.25) is 5.54 Å². The van der Waals surface area contributed by atoms with Crippen LogP contribution in [-0.4, -0.2) is 51.2 Å². The molecule has 0 aromatic heterocycles. The normalized spacial score (nSPS) is 11.7. The Morgan fingerprint density at radius 3 is 1.37 bits per heavy atom. The van der Waals surface area contributed by atoms with Gasteiger partial charge in [-0.15, -0.1) is 0 Å². The molecule has 0 unspecified atom stereocenters. The average Bonchev–Trinajstić information content (AvgIpc) is 2.38. The third kappa shape index (κ3) is 7.44. The highest BCUT2D eigenvalue weighted by Gasteiger charge is 2.40. The maximum absolute atomic E-state index is 11.5. The highest BCUT2D eigenvalue weighted by atomic mass is 16.6. The molecule has 0 aliphatic carbocycles. The molecule has 0 bridgehead atoms. The van der Waals surface area contributed by atoms with Crippen LogP contribution in [0.15, 0.2) is 0 Å². The van der Waals surface area contributed by atoms with Crippen molar-refractivity contribution in [2.24, 2.45) is 0 Å². The molecule has 0 atom stereocenters. The van der Waals surface area contributed by atoms with Crippen LogP contribution in [-0.2, 0) is 0 Å². The van der Waals surface area contributed by atoms with Gasteiger partial charge in [0, 0.05) is 24.2 Å². The molecule has 0 heterocycles. The van der Waals surface area contributed by atoms with Gasteiger partial charge in [0.25, 0.3) is 0 Å². The first-order valence-corrected chi connectivity index (χ1v) is 7.21. The lowest BCUT2D eigenvalue weighted by Crippen LogP contribution is -2.40. The zero-order chi connectivity index (χ0) is 14.6. The van der Waals surface area contributed by atoms with Crippen molar-refractivity contribution < 1.29 is 4.92 Å². The summed E-state index contributed by atoms with van der Waals surface area (Å²) in [6.45, 7) is 2.52. The van der Waals surface area contributed by atoms with Crippen LogP contribution in [0.5, 0.6) is 0 Å². The van der Waals surface area contributed by atoms with Crippen LogP contribution in [0.2, 0.25) is 0 Å². The van der Waals surface area contributed by atoms with Crippen LogP contribution in [0.1, 0.15) is 38.5 Å². The summed E-state index contributed by atoms with van der Waals surface area (Å²) in [6.07, 6.45) is 4.56. The minimum atomic E-state index is -0.745. The van der Waals surface area contributed by atoms with Gasteiger partial charge >= 0.3 is 0 Å². The number of hydrogen-bond acceptors (Lipinski definition) is 5. The lowest BCUT2D eigenvalue weighted by atomic mass is 9.84. The van der Waals surface area contributed by atoms with Gasteiger partial charge in [-0.3, -0.25) is 10.1 Å². The summed E-state index contributed by atoms with van der Waals surface area (Å²) in [7, 11) is 5.65. The van der Waals surface area contributed by atoms with Crippen molar-refractivity contribution in [1.29, 1.82) is 0 Å². The molecule has 6 heteroatoms. The molecule has 0 spiro atoms. The monoisotopic (exact) mass is 274 g/mol. The summed E-state index contributed by atoms with van der Waals surface area (Å²) in [5.74, 6) is 0. The minimum Gasteiger partial charge on any atom is -0.320 e. The van der Waals surface area contributed by atoms with E-state index in [1.807, 2.05) is 21.1 Å². The standard InChI is InChI=1S/C13H30N4O2/c1-14-10-4-7-13(17(18)19,8-5-11-15-2)9-6-12-16-3/h14-16H,4-12H2,1-3H3. The van der Waals surface area contributed by atoms with Crippen LogP contribution < -0.4 is 16.0 Å². The Balaban J connectivity index is 4.53. The first kappa shape index (κ1) is 18.3. The second-order valence-electron chi connectivity index (χ2n) is 5.10. The van der Waals surface area contributed by atoms with Crippen LogP contribution in [0.25, 0.3) is 0 Å². The maximum atomic E-state index is 11.5. The molecule has 0 aliphatic heterocycles. The first-order chi connectivity index (χ1) is 9.13. The fourth-order valence-electron chi connectivity index (χ4n) is 2.43. The van der Waals surface area contributed by atoms with E-state index in [9.17, 15) is 10.1 Å². The lowest BCUT2D eigenvalue weighted by Gasteiger charge is -2.25. The lowest BCUT2D eigenvalue weighted by molar-refractivity contribution is -0.574. The third-order valence-corrected chi connectivity index (χ3v) is 3.59. The molecule has 0 aliphatic rings. The van der Waals surface area contributed by atoms with Gasteiger partial charge in [-0.25, -0.2) is 0 Å². The summed E-state index contributed by atoms with van der Waals surface area (Å²) < 4.78 is 0. The minimum absolute atomic E-state index is 0.0337. The molecular formula is C13H30N4O2. The summed E-state index contributed by atoms with van der Waals surface area (Å²) in [6, 6.07) is 0. The topological polar surface area (TPSA) is 79.2 Å². The molecule has 0 rings (SSSR count). The highest BCUT2D eigenvalue weighted by Crippen LogP contribution is 2.28. The Morgan fingerprint density at radius 2 is 1.16 bits per heavy atom. The van der Waals surface area contributed by atoms with Crippen molar-refractivity contribution in [2.75, 3.05) is 40.8 Å². The number of nitro groups is 1. The van der Waals surface area contributed by atoms with Crippen LogP contribution in [0, 0.1) is 10.1 Å². The van der Waals surface area contributed by atoms with Gasteiger partial charge in [-0.1, -0.05) is 0 Å². The van der Waals surface area contributed by atoms with Crippen molar-refractivity contribution in [3.63, 3.8) is 0 Å². The predicted octanol–water partition coefficient (Wildman–Crippen LogP) is 1.00. The van der Waals surface area contributed by atoms with Gasteiger partial charge in [0.15, 0.2) is 0 Å². The van der Waals surface area contributed by atoms with E-state index in [0.717, 1.165) is 38.9 Å². The van der Waals surface area contributed by atoms with Gasteiger partial charge in [-0.05, 0) is 60.0 Å². The van der Waals surface area contributed by atoms with Crippen LogP contribution in [0.3, 0.4) is 0 Å². The smallest absolute Gasteiger partial charge is 0.222 e. The Kier molecular flexibility index (Phi) is 10.7. The molecule has 0 aromatic rings. The Labute approximate surface area is 116 Å².